The average Bonchev–Trinajstić information content (AvgIpc) is 3.00. The minimum Gasteiger partial charge on any atom is -0.509 e. The van der Waals surface area contributed by atoms with Crippen LogP contribution in [0.25, 0.3) is 0 Å². The maximum absolute atomic E-state index is 13.6. The molecule has 35 heavy (non-hydrogen) atoms. The molecule has 4 N–H and O–H groups in total. The van der Waals surface area contributed by atoms with Gasteiger partial charge in [-0.25, -0.2) is 0 Å². The first-order valence-electron chi connectivity index (χ1n) is 10.8. The van der Waals surface area contributed by atoms with Crippen LogP contribution in [0.1, 0.15) is 33.6 Å². The average molecular weight is 522 g/mol. The van der Waals surface area contributed by atoms with Crippen molar-refractivity contribution >= 4 is 54.1 Å². The van der Waals surface area contributed by atoms with Crippen molar-refractivity contribution in [2.75, 3.05) is 23.7 Å². The summed E-state index contributed by atoms with van der Waals surface area (Å²) in [6.07, 6.45) is 3.05. The van der Waals surface area contributed by atoms with Gasteiger partial charge in [0.05, 0.1) is 22.7 Å². The Morgan fingerprint density at radius 3 is 2.63 bits per heavy atom. The van der Waals surface area contributed by atoms with Crippen molar-refractivity contribution < 1.29 is 32.0 Å². The molecule has 1 unspecified atom stereocenters. The molecule has 0 saturated carbocycles. The second kappa shape index (κ2) is 9.81. The van der Waals surface area contributed by atoms with E-state index in [0.717, 1.165) is 0 Å². The zero-order chi connectivity index (χ0) is 26.2. The van der Waals surface area contributed by atoms with Crippen LogP contribution in [-0.4, -0.2) is 62.3 Å². The number of benzene rings is 1. The molecule has 2 atom stereocenters. The van der Waals surface area contributed by atoms with Crippen LogP contribution in [0.3, 0.4) is 0 Å². The highest BCUT2D eigenvalue weighted by molar-refractivity contribution is 7.87. The number of carbonyl (C=O) groups excluding carboxylic acids is 1. The molecule has 1 amide bonds. The van der Waals surface area contributed by atoms with E-state index in [1.54, 1.807) is 11.0 Å². The highest BCUT2D eigenvalue weighted by atomic mass is 32.2. The van der Waals surface area contributed by atoms with Crippen LogP contribution in [0.15, 0.2) is 46.3 Å². The van der Waals surface area contributed by atoms with Crippen molar-refractivity contribution in [2.24, 2.45) is 10.2 Å². The number of hydrogen-bond acceptors (Lipinski definition) is 7. The van der Waals surface area contributed by atoms with E-state index in [-0.39, 0.29) is 33.8 Å². The standard InChI is InChI=1S/C21H28BN4O7PS/c1-21(2,3)18-17(27)16(20(28)26(18)11-7-5-6-10-22)19-23-14-9-8-13(25-35(30,31)32)12-15(14)34(29,24-19)33-4/h6,8-10,12,18,25,27H,5,7,11H2,1-4H3,(H,23,24,29)(H,30,31,32)/b10-6-/t18-,34?/m1/s1. The molecule has 2 heterocycles. The smallest absolute Gasteiger partial charge is 0.357 e. The molecule has 0 aliphatic carbocycles. The van der Waals surface area contributed by atoms with Crippen molar-refractivity contribution in [2.45, 2.75) is 39.7 Å². The summed E-state index contributed by atoms with van der Waals surface area (Å²) in [4.78, 5) is 15.0. The summed E-state index contributed by atoms with van der Waals surface area (Å²) in [7, 11) is -1.99. The first-order chi connectivity index (χ1) is 16.2. The number of nitrogens with one attached hydrogen (secondary N) is 2. The van der Waals surface area contributed by atoms with Gasteiger partial charge in [0.1, 0.15) is 19.2 Å². The van der Waals surface area contributed by atoms with Gasteiger partial charge in [0.25, 0.3) is 5.91 Å². The number of amides is 1. The van der Waals surface area contributed by atoms with Crippen molar-refractivity contribution in [3.63, 3.8) is 0 Å². The topological polar surface area (TPSA) is 158 Å². The molecule has 1 aromatic carbocycles. The predicted molar refractivity (Wildman–Crippen MR) is 136 cm³/mol. The fourth-order valence-corrected chi connectivity index (χ4v) is 6.10. The maximum Gasteiger partial charge on any atom is 0.357 e. The quantitative estimate of drug-likeness (QED) is 0.176. The van der Waals surface area contributed by atoms with Gasteiger partial charge in [-0.2, -0.15) is 13.2 Å². The number of unbranched alkanes of at least 4 members (excludes halogenated alkanes) is 1. The number of aliphatic hydroxyl groups is 1. The Morgan fingerprint density at radius 2 is 2.06 bits per heavy atom. The highest BCUT2D eigenvalue weighted by Crippen LogP contribution is 2.52. The summed E-state index contributed by atoms with van der Waals surface area (Å²) in [6, 6.07) is 3.29. The van der Waals surface area contributed by atoms with Crippen molar-refractivity contribution in [3.05, 3.63) is 41.6 Å². The van der Waals surface area contributed by atoms with Gasteiger partial charge in [-0.15, -0.1) is 5.98 Å². The first kappa shape index (κ1) is 27.0. The van der Waals surface area contributed by atoms with Crippen LogP contribution in [-0.2, 0) is 24.2 Å². The third kappa shape index (κ3) is 5.64. The third-order valence-corrected chi connectivity index (χ3v) is 7.98. The lowest BCUT2D eigenvalue weighted by molar-refractivity contribution is -0.128. The molecule has 2 aliphatic rings. The van der Waals surface area contributed by atoms with Gasteiger partial charge >= 0.3 is 17.8 Å². The van der Waals surface area contributed by atoms with E-state index in [1.807, 2.05) is 25.5 Å². The summed E-state index contributed by atoms with van der Waals surface area (Å²) in [5.41, 5.74) is -0.441. The number of rotatable bonds is 8. The first-order valence-corrected chi connectivity index (χ1v) is 13.8. The van der Waals surface area contributed by atoms with E-state index in [0.29, 0.717) is 19.4 Å². The molecule has 3 rings (SSSR count). The van der Waals surface area contributed by atoms with Crippen molar-refractivity contribution in [3.8, 4) is 0 Å². The van der Waals surface area contributed by atoms with Gasteiger partial charge in [0.15, 0.2) is 5.84 Å². The Bertz CT molecular complexity index is 1270. The second-order valence-electron chi connectivity index (χ2n) is 9.18. The van der Waals surface area contributed by atoms with E-state index >= 15 is 0 Å². The third-order valence-electron chi connectivity index (χ3n) is 5.55. The Hall–Kier alpha value is -2.60. The molecule has 2 radical (unpaired) electrons. The van der Waals surface area contributed by atoms with E-state index in [4.69, 9.17) is 16.9 Å². The van der Waals surface area contributed by atoms with Gasteiger partial charge in [-0.3, -0.25) is 18.6 Å². The minimum atomic E-state index is -4.56. The zero-order valence-electron chi connectivity index (χ0n) is 19.8. The van der Waals surface area contributed by atoms with Crippen LogP contribution in [0, 0.1) is 5.41 Å². The largest absolute Gasteiger partial charge is 0.509 e. The number of allylic oxidation sites excluding steroid dienone is 1. The number of nitrogens with zero attached hydrogens (tertiary/aromatic N) is 2. The normalized spacial score (nSPS) is 22.9. The van der Waals surface area contributed by atoms with E-state index in [9.17, 15) is 22.9 Å². The molecule has 1 aromatic rings. The fourth-order valence-electron chi connectivity index (χ4n) is 4.13. The molecule has 14 heteroatoms. The summed E-state index contributed by atoms with van der Waals surface area (Å²) in [5, 5.41) is 14.1. The van der Waals surface area contributed by atoms with Crippen molar-refractivity contribution in [1.82, 2.24) is 4.90 Å². The van der Waals surface area contributed by atoms with Gasteiger partial charge < -0.3 is 19.8 Å². The van der Waals surface area contributed by atoms with Crippen LogP contribution in [0.2, 0.25) is 0 Å². The second-order valence-corrected chi connectivity index (χ2v) is 12.4. The van der Waals surface area contributed by atoms with Crippen LogP contribution in [0.5, 0.6) is 0 Å². The van der Waals surface area contributed by atoms with E-state index in [1.165, 1.54) is 31.3 Å². The van der Waals surface area contributed by atoms with E-state index < -0.39 is 35.2 Å². The monoisotopic (exact) mass is 522 g/mol. The molecule has 188 valence electrons. The predicted octanol–water partition coefficient (Wildman–Crippen LogP) is 2.72. The Balaban J connectivity index is 2.04. The molecule has 0 aromatic heterocycles. The van der Waals surface area contributed by atoms with Crippen molar-refractivity contribution in [1.29, 1.82) is 0 Å². The molecule has 0 spiro atoms. The maximum atomic E-state index is 13.6. The Morgan fingerprint density at radius 1 is 1.37 bits per heavy atom. The summed E-state index contributed by atoms with van der Waals surface area (Å²) in [5.74, 6) is 0.658. The molecular formula is C21H28BN4O7PS. The van der Waals surface area contributed by atoms with Crippen LogP contribution >= 0.6 is 7.52 Å². The number of aliphatic hydroxyl groups excluding tert-OH is 1. The number of amidine groups is 1. The van der Waals surface area contributed by atoms with E-state index in [2.05, 4.69) is 10.1 Å². The molecule has 0 bridgehead atoms. The Labute approximate surface area is 206 Å². The Kier molecular flexibility index (Phi) is 7.57. The van der Waals surface area contributed by atoms with Gasteiger partial charge in [0.2, 0.25) is 0 Å². The minimum absolute atomic E-state index is 0.0285. The lowest BCUT2D eigenvalue weighted by atomic mass is 9.85. The number of anilines is 2. The molecule has 0 fully saturated rings. The number of hydrogen-bond donors (Lipinski definition) is 4. The lowest BCUT2D eigenvalue weighted by Gasteiger charge is -2.35. The summed E-state index contributed by atoms with van der Waals surface area (Å²) in [6.45, 7) is 6.04. The van der Waals surface area contributed by atoms with Gasteiger partial charge in [0, 0.05) is 13.7 Å². The fraction of sp³-hybridized carbons (Fsp3) is 0.429. The van der Waals surface area contributed by atoms with Crippen LogP contribution in [0.4, 0.5) is 11.4 Å². The number of carbonyl (C=O) groups is 1. The zero-order valence-corrected chi connectivity index (χ0v) is 21.6. The molecule has 0 saturated heterocycles. The number of fused-ring (bicyclic) bond motifs is 1. The highest BCUT2D eigenvalue weighted by Gasteiger charge is 2.48. The summed E-state index contributed by atoms with van der Waals surface area (Å²) < 4.78 is 56.2. The van der Waals surface area contributed by atoms with Crippen LogP contribution < -0.4 is 15.3 Å². The SMILES string of the molecule is [B]/C=C\CCCN1C(=O)C(C2=NP(=O)(OC)c3cc(NS(=O)(=O)O)ccc3N2)=C(O)[C@@H]1C(C)(C)C. The lowest BCUT2D eigenvalue weighted by Crippen LogP contribution is -2.44. The van der Waals surface area contributed by atoms with Gasteiger partial charge in [-0.05, 0) is 36.5 Å². The molecule has 2 aliphatic heterocycles. The molecule has 11 nitrogen and oxygen atoms in total. The summed E-state index contributed by atoms with van der Waals surface area (Å²) >= 11 is 0. The molecular weight excluding hydrogens is 494 g/mol. The van der Waals surface area contributed by atoms with Gasteiger partial charge in [-0.1, -0.05) is 26.8 Å².